The lowest BCUT2D eigenvalue weighted by atomic mass is 10.0. The molecular formula is C29H28FN3O4S2. The molecule has 1 fully saturated rings. The fraction of sp³-hybridized carbons (Fsp3) is 0.241. The van der Waals surface area contributed by atoms with E-state index in [4.69, 9.17) is 0 Å². The van der Waals surface area contributed by atoms with E-state index in [-0.39, 0.29) is 17.4 Å². The number of amides is 2. The molecule has 3 aromatic carbocycles. The summed E-state index contributed by atoms with van der Waals surface area (Å²) in [5.74, 6) is -0.458. The van der Waals surface area contributed by atoms with Gasteiger partial charge in [-0.15, -0.1) is 15.2 Å². The van der Waals surface area contributed by atoms with Crippen LogP contribution in [0.4, 0.5) is 3.89 Å². The zero-order valence-corrected chi connectivity index (χ0v) is 22.8. The molecule has 0 aliphatic carbocycles. The van der Waals surface area contributed by atoms with Crippen LogP contribution in [0, 0.1) is 0 Å². The molecule has 4 aromatic rings. The van der Waals surface area contributed by atoms with E-state index in [0.29, 0.717) is 32.7 Å². The van der Waals surface area contributed by atoms with Gasteiger partial charge in [0.1, 0.15) is 6.04 Å². The number of carbonyl (C=O) groups excluding carboxylic acids is 2. The Hall–Kier alpha value is -3.60. The van der Waals surface area contributed by atoms with Gasteiger partial charge in [-0.2, -0.15) is 8.42 Å². The van der Waals surface area contributed by atoms with Crippen LogP contribution in [0.3, 0.4) is 0 Å². The van der Waals surface area contributed by atoms with Crippen LogP contribution in [0.25, 0.3) is 10.1 Å². The third-order valence-corrected chi connectivity index (χ3v) is 8.74. The first-order chi connectivity index (χ1) is 18.8. The van der Waals surface area contributed by atoms with Crippen molar-refractivity contribution in [2.24, 2.45) is 0 Å². The Labute approximate surface area is 231 Å². The lowest BCUT2D eigenvalue weighted by Crippen LogP contribution is -2.52. The second-order valence-corrected chi connectivity index (χ2v) is 11.7. The maximum absolute atomic E-state index is 13.6. The van der Waals surface area contributed by atoms with Crippen molar-refractivity contribution in [1.82, 2.24) is 15.1 Å². The summed E-state index contributed by atoms with van der Waals surface area (Å²) >= 11 is 1.60. The Morgan fingerprint density at radius 3 is 2.38 bits per heavy atom. The van der Waals surface area contributed by atoms with E-state index in [0.717, 1.165) is 39.8 Å². The second kappa shape index (κ2) is 11.6. The van der Waals surface area contributed by atoms with Crippen molar-refractivity contribution in [2.45, 2.75) is 17.4 Å². The topological polar surface area (TPSA) is 86.8 Å². The highest BCUT2D eigenvalue weighted by Crippen LogP contribution is 2.34. The van der Waals surface area contributed by atoms with Gasteiger partial charge in [0.15, 0.2) is 0 Å². The molecule has 1 N–H and O–H groups in total. The first-order valence-electron chi connectivity index (χ1n) is 12.7. The van der Waals surface area contributed by atoms with Crippen LogP contribution in [0.15, 0.2) is 89.1 Å². The van der Waals surface area contributed by atoms with Crippen molar-refractivity contribution in [3.63, 3.8) is 0 Å². The monoisotopic (exact) mass is 565 g/mol. The van der Waals surface area contributed by atoms with E-state index in [2.05, 4.69) is 10.2 Å². The average molecular weight is 566 g/mol. The molecule has 0 saturated carbocycles. The lowest BCUT2D eigenvalue weighted by Gasteiger charge is -2.38. The molecule has 1 aromatic heterocycles. The van der Waals surface area contributed by atoms with Gasteiger partial charge in [0.2, 0.25) is 5.91 Å². The summed E-state index contributed by atoms with van der Waals surface area (Å²) in [7, 11) is -4.91. The Morgan fingerprint density at radius 1 is 0.923 bits per heavy atom. The smallest absolute Gasteiger partial charge is 0.332 e. The molecule has 1 unspecified atom stereocenters. The zero-order chi connectivity index (χ0) is 27.4. The van der Waals surface area contributed by atoms with Gasteiger partial charge in [-0.1, -0.05) is 54.6 Å². The van der Waals surface area contributed by atoms with Gasteiger partial charge in [0.05, 0.1) is 4.90 Å². The molecule has 10 heteroatoms. The fourth-order valence-electron chi connectivity index (χ4n) is 4.93. The Bertz CT molecular complexity index is 1580. The molecule has 7 nitrogen and oxygen atoms in total. The standard InChI is InChI=1S/C29H28FN3O4S2/c30-39(36,37)23-10-6-9-22(19-23)29(35)33-17-15-32(16-18-33)27(25-20-38-26-12-5-4-11-24(25)26)28(34)31-14-13-21-7-2-1-3-8-21/h1-12,19-20,27H,13-18H2,(H,31,34). The number of hydrogen-bond acceptors (Lipinski definition) is 6. The van der Waals surface area contributed by atoms with E-state index in [1.165, 1.54) is 12.1 Å². The summed E-state index contributed by atoms with van der Waals surface area (Å²) in [4.78, 5) is 29.9. The lowest BCUT2D eigenvalue weighted by molar-refractivity contribution is -0.127. The number of carbonyl (C=O) groups is 2. The molecule has 1 atom stereocenters. The Balaban J connectivity index is 1.32. The minimum atomic E-state index is -4.91. The van der Waals surface area contributed by atoms with Crippen molar-refractivity contribution < 1.29 is 21.9 Å². The molecule has 1 aliphatic rings. The minimum Gasteiger partial charge on any atom is -0.354 e. The predicted molar refractivity (Wildman–Crippen MR) is 150 cm³/mol. The van der Waals surface area contributed by atoms with Gasteiger partial charge < -0.3 is 10.2 Å². The number of fused-ring (bicyclic) bond motifs is 1. The van der Waals surface area contributed by atoms with E-state index < -0.39 is 21.2 Å². The van der Waals surface area contributed by atoms with E-state index in [1.54, 1.807) is 16.2 Å². The molecule has 0 bridgehead atoms. The van der Waals surface area contributed by atoms with E-state index >= 15 is 0 Å². The maximum atomic E-state index is 13.6. The van der Waals surface area contributed by atoms with Crippen LogP contribution < -0.4 is 5.32 Å². The third kappa shape index (κ3) is 6.19. The van der Waals surface area contributed by atoms with Gasteiger partial charge >= 0.3 is 10.2 Å². The highest BCUT2D eigenvalue weighted by molar-refractivity contribution is 7.86. The summed E-state index contributed by atoms with van der Waals surface area (Å²) in [5.41, 5.74) is 2.20. The molecule has 39 heavy (non-hydrogen) atoms. The summed E-state index contributed by atoms with van der Waals surface area (Å²) in [6.45, 7) is 2.11. The molecule has 2 heterocycles. The van der Waals surface area contributed by atoms with Crippen LogP contribution in [0.5, 0.6) is 0 Å². The summed E-state index contributed by atoms with van der Waals surface area (Å²) < 4.78 is 37.1. The third-order valence-electron chi connectivity index (χ3n) is 6.94. The first kappa shape index (κ1) is 27.0. The Morgan fingerprint density at radius 2 is 1.64 bits per heavy atom. The van der Waals surface area contributed by atoms with E-state index in [9.17, 15) is 21.9 Å². The van der Waals surface area contributed by atoms with Crippen molar-refractivity contribution in [3.8, 4) is 0 Å². The number of halogens is 1. The van der Waals surface area contributed by atoms with Crippen LogP contribution in [-0.2, 0) is 21.4 Å². The highest BCUT2D eigenvalue weighted by Gasteiger charge is 2.33. The molecular weight excluding hydrogens is 537 g/mol. The number of nitrogens with zero attached hydrogens (tertiary/aromatic N) is 2. The van der Waals surface area contributed by atoms with Crippen LogP contribution in [0.1, 0.15) is 27.5 Å². The van der Waals surface area contributed by atoms with Gasteiger partial charge in [-0.25, -0.2) is 0 Å². The van der Waals surface area contributed by atoms with Crippen molar-refractivity contribution in [3.05, 3.63) is 101 Å². The van der Waals surface area contributed by atoms with Gasteiger partial charge in [0, 0.05) is 43.0 Å². The van der Waals surface area contributed by atoms with Crippen LogP contribution in [0.2, 0.25) is 0 Å². The van der Waals surface area contributed by atoms with E-state index in [1.807, 2.05) is 60.0 Å². The summed E-state index contributed by atoms with van der Waals surface area (Å²) in [6, 6.07) is 22.5. The predicted octanol–water partition coefficient (Wildman–Crippen LogP) is 4.42. The second-order valence-electron chi connectivity index (χ2n) is 9.41. The Kier molecular flexibility index (Phi) is 8.06. The number of rotatable bonds is 8. The van der Waals surface area contributed by atoms with Crippen LogP contribution >= 0.6 is 11.3 Å². The maximum Gasteiger partial charge on any atom is 0.332 e. The van der Waals surface area contributed by atoms with Crippen LogP contribution in [-0.4, -0.2) is 62.8 Å². The van der Waals surface area contributed by atoms with Crippen molar-refractivity contribution in [2.75, 3.05) is 32.7 Å². The fourth-order valence-corrected chi connectivity index (χ4v) is 6.42. The first-order valence-corrected chi connectivity index (χ1v) is 14.9. The summed E-state index contributed by atoms with van der Waals surface area (Å²) in [6.07, 6.45) is 0.722. The van der Waals surface area contributed by atoms with Crippen molar-refractivity contribution in [1.29, 1.82) is 0 Å². The van der Waals surface area contributed by atoms with Gasteiger partial charge in [-0.05, 0) is 52.6 Å². The molecule has 202 valence electrons. The van der Waals surface area contributed by atoms with Gasteiger partial charge in [0.25, 0.3) is 5.91 Å². The molecule has 0 radical (unpaired) electrons. The zero-order valence-electron chi connectivity index (χ0n) is 21.1. The number of piperazine rings is 1. The SMILES string of the molecule is O=C(NCCc1ccccc1)C(c1csc2ccccc12)N1CCN(C(=O)c2cccc(S(=O)(=O)F)c2)CC1. The molecule has 0 spiro atoms. The summed E-state index contributed by atoms with van der Waals surface area (Å²) in [5, 5.41) is 6.18. The molecule has 1 saturated heterocycles. The van der Waals surface area contributed by atoms with Gasteiger partial charge in [-0.3, -0.25) is 14.5 Å². The number of nitrogens with one attached hydrogen (secondary N) is 1. The molecule has 2 amide bonds. The quantitative estimate of drug-likeness (QED) is 0.320. The highest BCUT2D eigenvalue weighted by atomic mass is 32.3. The largest absolute Gasteiger partial charge is 0.354 e. The average Bonchev–Trinajstić information content (AvgIpc) is 3.37. The van der Waals surface area contributed by atoms with Crippen molar-refractivity contribution >= 4 is 43.5 Å². The molecule has 5 rings (SSSR count). The minimum absolute atomic E-state index is 0.0879. The normalized spacial score (nSPS) is 15.3. The molecule has 1 aliphatic heterocycles. The number of benzene rings is 3. The number of hydrogen-bond donors (Lipinski definition) is 1. The number of thiophene rings is 1.